The largest absolute Gasteiger partial charge is 0.349 e. The Balaban J connectivity index is 1.51. The summed E-state index contributed by atoms with van der Waals surface area (Å²) in [4.78, 5) is 16.5. The Bertz CT molecular complexity index is 445. The van der Waals surface area contributed by atoms with Gasteiger partial charge in [0.25, 0.3) is 0 Å². The summed E-state index contributed by atoms with van der Waals surface area (Å²) in [5.74, 6) is 0.853. The molecule has 1 aromatic heterocycles. The average Bonchev–Trinajstić information content (AvgIpc) is 3.01. The van der Waals surface area contributed by atoms with Crippen LogP contribution in [0.25, 0.3) is 0 Å². The molecule has 1 saturated carbocycles. The summed E-state index contributed by atoms with van der Waals surface area (Å²) in [6.45, 7) is 2.54. The van der Waals surface area contributed by atoms with Crippen molar-refractivity contribution in [3.63, 3.8) is 0 Å². The zero-order valence-corrected chi connectivity index (χ0v) is 12.1. The second-order valence-electron chi connectivity index (χ2n) is 5.68. The van der Waals surface area contributed by atoms with Crippen molar-refractivity contribution in [3.05, 3.63) is 16.1 Å². The van der Waals surface area contributed by atoms with Crippen LogP contribution in [0.1, 0.15) is 42.8 Å². The van der Waals surface area contributed by atoms with Crippen molar-refractivity contribution >= 4 is 17.2 Å². The second-order valence-corrected chi connectivity index (χ2v) is 6.74. The number of aryl methyl sites for hydroxylation is 1. The third kappa shape index (κ3) is 2.98. The van der Waals surface area contributed by atoms with Crippen LogP contribution in [0.4, 0.5) is 0 Å². The Hall–Kier alpha value is -0.940. The van der Waals surface area contributed by atoms with Crippen molar-refractivity contribution in [2.24, 2.45) is 5.92 Å². The van der Waals surface area contributed by atoms with Crippen LogP contribution in [-0.4, -0.2) is 23.0 Å². The molecule has 0 aromatic carbocycles. The SMILES string of the molecule is Cc1nc(CNC(=O)C2CC3CCCCC3N2)cs1. The highest BCUT2D eigenvalue weighted by Gasteiger charge is 2.37. The van der Waals surface area contributed by atoms with Gasteiger partial charge in [0, 0.05) is 11.4 Å². The number of fused-ring (bicyclic) bond motifs is 1. The van der Waals surface area contributed by atoms with Gasteiger partial charge in [0.2, 0.25) is 5.91 Å². The van der Waals surface area contributed by atoms with Crippen LogP contribution in [0, 0.1) is 12.8 Å². The maximum Gasteiger partial charge on any atom is 0.237 e. The number of hydrogen-bond donors (Lipinski definition) is 2. The van der Waals surface area contributed by atoms with Gasteiger partial charge in [-0.2, -0.15) is 0 Å². The van der Waals surface area contributed by atoms with Crippen LogP contribution < -0.4 is 10.6 Å². The predicted molar refractivity (Wildman–Crippen MR) is 76.0 cm³/mol. The lowest BCUT2D eigenvalue weighted by atomic mass is 9.85. The summed E-state index contributed by atoms with van der Waals surface area (Å²) in [5, 5.41) is 9.57. The summed E-state index contributed by atoms with van der Waals surface area (Å²) in [6, 6.07) is 0.582. The lowest BCUT2D eigenvalue weighted by Crippen LogP contribution is -2.42. The van der Waals surface area contributed by atoms with Crippen LogP contribution in [0.2, 0.25) is 0 Å². The zero-order chi connectivity index (χ0) is 13.2. The second kappa shape index (κ2) is 5.59. The van der Waals surface area contributed by atoms with E-state index >= 15 is 0 Å². The Morgan fingerprint density at radius 1 is 1.53 bits per heavy atom. The normalized spacial score (nSPS) is 30.1. The maximum atomic E-state index is 12.2. The van der Waals surface area contributed by atoms with Crippen molar-refractivity contribution in [2.45, 2.75) is 57.7 Å². The van der Waals surface area contributed by atoms with Gasteiger partial charge < -0.3 is 10.6 Å². The number of carbonyl (C=O) groups is 1. The van der Waals surface area contributed by atoms with Crippen molar-refractivity contribution < 1.29 is 4.79 Å². The van der Waals surface area contributed by atoms with Crippen molar-refractivity contribution in [1.82, 2.24) is 15.6 Å². The van der Waals surface area contributed by atoms with Gasteiger partial charge in [0.15, 0.2) is 0 Å². The fraction of sp³-hybridized carbons (Fsp3) is 0.714. The van der Waals surface area contributed by atoms with Gasteiger partial charge in [-0.3, -0.25) is 4.79 Å². The molecule has 19 heavy (non-hydrogen) atoms. The van der Waals surface area contributed by atoms with Gasteiger partial charge >= 0.3 is 0 Å². The van der Waals surface area contributed by atoms with E-state index in [2.05, 4.69) is 15.6 Å². The minimum Gasteiger partial charge on any atom is -0.349 e. The molecule has 0 spiro atoms. The number of aromatic nitrogens is 1. The lowest BCUT2D eigenvalue weighted by Gasteiger charge is -2.24. The molecule has 3 rings (SSSR count). The molecule has 3 unspecified atom stereocenters. The molecule has 4 nitrogen and oxygen atoms in total. The van der Waals surface area contributed by atoms with E-state index < -0.39 is 0 Å². The quantitative estimate of drug-likeness (QED) is 0.889. The average molecular weight is 279 g/mol. The van der Waals surface area contributed by atoms with E-state index in [1.54, 1.807) is 11.3 Å². The molecule has 104 valence electrons. The molecule has 2 heterocycles. The molecule has 2 fully saturated rings. The Kier molecular flexibility index (Phi) is 3.84. The van der Waals surface area contributed by atoms with Crippen LogP contribution in [0.5, 0.6) is 0 Å². The first kappa shape index (κ1) is 13.1. The first-order valence-electron chi connectivity index (χ1n) is 7.17. The number of nitrogens with zero attached hydrogens (tertiary/aromatic N) is 1. The highest BCUT2D eigenvalue weighted by Crippen LogP contribution is 2.33. The van der Waals surface area contributed by atoms with E-state index in [4.69, 9.17) is 0 Å². The highest BCUT2D eigenvalue weighted by molar-refractivity contribution is 7.09. The first-order chi connectivity index (χ1) is 9.22. The molecule has 2 aliphatic rings. The number of nitrogens with one attached hydrogen (secondary N) is 2. The molecular weight excluding hydrogens is 258 g/mol. The van der Waals surface area contributed by atoms with E-state index in [0.717, 1.165) is 17.1 Å². The van der Waals surface area contributed by atoms with Crippen molar-refractivity contribution in [2.75, 3.05) is 0 Å². The molecule has 2 N–H and O–H groups in total. The third-order valence-corrected chi connectivity index (χ3v) is 5.11. The monoisotopic (exact) mass is 279 g/mol. The van der Waals surface area contributed by atoms with Crippen LogP contribution in [0.15, 0.2) is 5.38 Å². The zero-order valence-electron chi connectivity index (χ0n) is 11.3. The van der Waals surface area contributed by atoms with Crippen LogP contribution >= 0.6 is 11.3 Å². The topological polar surface area (TPSA) is 54.0 Å². The number of rotatable bonds is 3. The first-order valence-corrected chi connectivity index (χ1v) is 8.05. The summed E-state index contributed by atoms with van der Waals surface area (Å²) in [7, 11) is 0. The summed E-state index contributed by atoms with van der Waals surface area (Å²) >= 11 is 1.63. The lowest BCUT2D eigenvalue weighted by molar-refractivity contribution is -0.123. The number of hydrogen-bond acceptors (Lipinski definition) is 4. The Labute approximate surface area is 118 Å². The Morgan fingerprint density at radius 2 is 2.37 bits per heavy atom. The van der Waals surface area contributed by atoms with Crippen molar-refractivity contribution in [1.29, 1.82) is 0 Å². The molecule has 1 amide bonds. The number of thiazole rings is 1. The molecular formula is C14H21N3OS. The fourth-order valence-corrected chi connectivity index (χ4v) is 3.92. The molecule has 3 atom stereocenters. The van der Waals surface area contributed by atoms with E-state index in [-0.39, 0.29) is 11.9 Å². The molecule has 5 heteroatoms. The van der Waals surface area contributed by atoms with Crippen LogP contribution in [-0.2, 0) is 11.3 Å². The minimum atomic E-state index is 0.00725. The smallest absolute Gasteiger partial charge is 0.237 e. The summed E-state index contributed by atoms with van der Waals surface area (Å²) in [6.07, 6.45) is 6.16. The minimum absolute atomic E-state index is 0.00725. The van der Waals surface area contributed by atoms with Gasteiger partial charge in [-0.15, -0.1) is 11.3 Å². The van der Waals surface area contributed by atoms with Gasteiger partial charge in [-0.05, 0) is 32.1 Å². The molecule has 0 radical (unpaired) electrons. The molecule has 0 bridgehead atoms. The van der Waals surface area contributed by atoms with Gasteiger partial charge in [0.05, 0.1) is 23.3 Å². The van der Waals surface area contributed by atoms with Crippen molar-refractivity contribution in [3.8, 4) is 0 Å². The molecule has 1 saturated heterocycles. The van der Waals surface area contributed by atoms with E-state index in [1.807, 2.05) is 12.3 Å². The molecule has 1 aliphatic carbocycles. The molecule has 1 aromatic rings. The van der Waals surface area contributed by atoms with E-state index in [1.165, 1.54) is 25.7 Å². The summed E-state index contributed by atoms with van der Waals surface area (Å²) in [5.41, 5.74) is 0.964. The van der Waals surface area contributed by atoms with Gasteiger partial charge in [0.1, 0.15) is 0 Å². The number of amides is 1. The van der Waals surface area contributed by atoms with Gasteiger partial charge in [-0.25, -0.2) is 4.98 Å². The van der Waals surface area contributed by atoms with Gasteiger partial charge in [-0.1, -0.05) is 12.8 Å². The standard InChI is InChI=1S/C14H21N3OS/c1-9-16-11(8-19-9)7-15-14(18)13-6-10-4-2-3-5-12(10)17-13/h8,10,12-13,17H,2-7H2,1H3,(H,15,18). The van der Waals surface area contributed by atoms with Crippen LogP contribution in [0.3, 0.4) is 0 Å². The third-order valence-electron chi connectivity index (χ3n) is 4.29. The maximum absolute atomic E-state index is 12.2. The Morgan fingerprint density at radius 3 is 3.11 bits per heavy atom. The van der Waals surface area contributed by atoms with E-state index in [9.17, 15) is 4.79 Å². The molecule has 1 aliphatic heterocycles. The predicted octanol–water partition coefficient (Wildman–Crippen LogP) is 1.99. The van der Waals surface area contributed by atoms with E-state index in [0.29, 0.717) is 18.5 Å². The summed E-state index contributed by atoms with van der Waals surface area (Å²) < 4.78 is 0. The fourth-order valence-electron chi connectivity index (χ4n) is 3.31. The number of carbonyl (C=O) groups excluding carboxylic acids is 1. The highest BCUT2D eigenvalue weighted by atomic mass is 32.1.